The number of nitrogens with zero attached hydrogens (tertiary/aromatic N) is 1. The van der Waals surface area contributed by atoms with Gasteiger partial charge in [-0.05, 0) is 19.3 Å². The Morgan fingerprint density at radius 1 is 0.436 bits per heavy atom. The van der Waals surface area contributed by atoms with E-state index in [1.165, 1.54) is 315 Å². The number of phosphoric acid groups is 1. The zero-order valence-electron chi connectivity index (χ0n) is 53.4. The zero-order valence-corrected chi connectivity index (χ0v) is 54.3. The number of aliphatic hydroxyl groups is 1. The van der Waals surface area contributed by atoms with E-state index in [2.05, 4.69) is 19.2 Å². The number of nitrogens with one attached hydrogen (secondary N) is 1. The van der Waals surface area contributed by atoms with Gasteiger partial charge in [0.2, 0.25) is 5.91 Å². The molecule has 8 nitrogen and oxygen atoms in total. The molecule has 0 saturated carbocycles. The molecule has 0 aliphatic carbocycles. The first-order valence-corrected chi connectivity index (χ1v) is 36.5. The van der Waals surface area contributed by atoms with Gasteiger partial charge in [-0.25, -0.2) is 0 Å². The van der Waals surface area contributed by atoms with Crippen LogP contribution in [0, 0.1) is 0 Å². The molecular weight excluding hydrogens is 984 g/mol. The molecule has 0 saturated heterocycles. The Bertz CT molecular complexity index is 1280. The molecule has 0 aromatic rings. The van der Waals surface area contributed by atoms with E-state index in [0.29, 0.717) is 17.4 Å². The van der Waals surface area contributed by atoms with Crippen molar-refractivity contribution >= 4 is 13.7 Å². The van der Waals surface area contributed by atoms with E-state index in [1.807, 2.05) is 27.2 Å². The first kappa shape index (κ1) is 77.2. The lowest BCUT2D eigenvalue weighted by atomic mass is 10.0. The third-order valence-corrected chi connectivity index (χ3v) is 17.5. The van der Waals surface area contributed by atoms with Crippen molar-refractivity contribution in [3.63, 3.8) is 0 Å². The largest absolute Gasteiger partial charge is 0.756 e. The predicted octanol–water partition coefficient (Wildman–Crippen LogP) is 21.5. The van der Waals surface area contributed by atoms with Crippen LogP contribution in [0.25, 0.3) is 0 Å². The molecule has 0 radical (unpaired) electrons. The molecule has 0 aromatic heterocycles. The van der Waals surface area contributed by atoms with Crippen LogP contribution in [0.4, 0.5) is 0 Å². The molecular formula is C69H139N2O6P. The van der Waals surface area contributed by atoms with Crippen molar-refractivity contribution < 1.29 is 32.9 Å². The van der Waals surface area contributed by atoms with Crippen molar-refractivity contribution in [1.29, 1.82) is 0 Å². The van der Waals surface area contributed by atoms with Gasteiger partial charge in [-0.3, -0.25) is 9.36 Å². The molecule has 0 aliphatic heterocycles. The molecule has 466 valence electrons. The predicted molar refractivity (Wildman–Crippen MR) is 339 cm³/mol. The van der Waals surface area contributed by atoms with Crippen molar-refractivity contribution in [2.45, 2.75) is 386 Å². The van der Waals surface area contributed by atoms with Gasteiger partial charge < -0.3 is 28.8 Å². The van der Waals surface area contributed by atoms with Gasteiger partial charge in [0.25, 0.3) is 7.82 Å². The number of likely N-dealkylation sites (N-methyl/N-ethyl adjacent to an activating group) is 1. The summed E-state index contributed by atoms with van der Waals surface area (Å²) in [7, 11) is 1.28. The fourth-order valence-corrected chi connectivity index (χ4v) is 11.8. The lowest BCUT2D eigenvalue weighted by Crippen LogP contribution is -2.45. The quantitative estimate of drug-likeness (QED) is 0.0272. The summed E-state index contributed by atoms with van der Waals surface area (Å²) in [5.74, 6) is -0.187. The number of hydrogen-bond acceptors (Lipinski definition) is 6. The Morgan fingerprint density at radius 2 is 0.692 bits per heavy atom. The molecule has 0 aliphatic rings. The second-order valence-corrected chi connectivity index (χ2v) is 27.0. The first-order chi connectivity index (χ1) is 38.0. The number of rotatable bonds is 66. The minimum atomic E-state index is -4.60. The summed E-state index contributed by atoms with van der Waals surface area (Å²) in [4.78, 5) is 25.6. The zero-order chi connectivity index (χ0) is 57.0. The summed E-state index contributed by atoms with van der Waals surface area (Å²) in [5, 5.41) is 14.0. The average molecular weight is 1120 g/mol. The summed E-state index contributed by atoms with van der Waals surface area (Å²) < 4.78 is 23.5. The number of carbonyl (C=O) groups is 1. The number of allylic oxidation sites excluding steroid dienone is 1. The average Bonchev–Trinajstić information content (AvgIpc) is 3.41. The third kappa shape index (κ3) is 62.8. The number of aliphatic hydroxyl groups excluding tert-OH is 1. The van der Waals surface area contributed by atoms with E-state index < -0.39 is 20.0 Å². The van der Waals surface area contributed by atoms with Gasteiger partial charge in [0.1, 0.15) is 13.2 Å². The van der Waals surface area contributed by atoms with Crippen LogP contribution in [-0.2, 0) is 18.4 Å². The second kappa shape index (κ2) is 60.8. The van der Waals surface area contributed by atoms with Crippen molar-refractivity contribution in [3.05, 3.63) is 12.2 Å². The summed E-state index contributed by atoms with van der Waals surface area (Å²) >= 11 is 0. The minimum absolute atomic E-state index is 0.00300. The summed E-state index contributed by atoms with van der Waals surface area (Å²) in [5.41, 5.74) is 0. The van der Waals surface area contributed by atoms with E-state index in [4.69, 9.17) is 9.05 Å². The van der Waals surface area contributed by atoms with Crippen LogP contribution >= 0.6 is 7.82 Å². The Kier molecular flexibility index (Phi) is 60.2. The highest BCUT2D eigenvalue weighted by molar-refractivity contribution is 7.45. The molecule has 0 aromatic carbocycles. The second-order valence-electron chi connectivity index (χ2n) is 25.6. The highest BCUT2D eigenvalue weighted by Gasteiger charge is 2.23. The maximum atomic E-state index is 13.0. The Hall–Kier alpha value is -0.760. The van der Waals surface area contributed by atoms with Gasteiger partial charge in [0.15, 0.2) is 0 Å². The van der Waals surface area contributed by atoms with Crippen LogP contribution in [0.3, 0.4) is 0 Å². The van der Waals surface area contributed by atoms with E-state index in [-0.39, 0.29) is 19.1 Å². The fraction of sp³-hybridized carbons (Fsp3) is 0.957. The molecule has 2 N–H and O–H groups in total. The van der Waals surface area contributed by atoms with Crippen molar-refractivity contribution in [3.8, 4) is 0 Å². The topological polar surface area (TPSA) is 108 Å². The maximum absolute atomic E-state index is 13.0. The SMILES string of the molecule is CCCCCCCCCCCCCCCCCCCCCCCCC/C=C/C(O)C(COP(=O)([O-])OCC[N+](C)(C)C)NC(=O)CCCCCCCCCCCCCCCCCCCCCCCCCCCCCCCCC. The van der Waals surface area contributed by atoms with Gasteiger partial charge in [-0.1, -0.05) is 360 Å². The van der Waals surface area contributed by atoms with Gasteiger partial charge in [0, 0.05) is 6.42 Å². The van der Waals surface area contributed by atoms with Gasteiger partial charge >= 0.3 is 0 Å². The van der Waals surface area contributed by atoms with Crippen molar-refractivity contribution in [2.24, 2.45) is 0 Å². The van der Waals surface area contributed by atoms with Gasteiger partial charge in [-0.2, -0.15) is 0 Å². The summed E-state index contributed by atoms with van der Waals surface area (Å²) in [6.07, 6.45) is 77.6. The van der Waals surface area contributed by atoms with Crippen LogP contribution < -0.4 is 10.2 Å². The van der Waals surface area contributed by atoms with Crippen LogP contribution in [0.1, 0.15) is 373 Å². The Labute approximate surface area is 488 Å². The minimum Gasteiger partial charge on any atom is -0.756 e. The molecule has 1 amide bonds. The third-order valence-electron chi connectivity index (χ3n) is 16.5. The standard InChI is InChI=1S/C69H139N2O6P/c1-6-8-10-12-14-16-18-20-22-24-26-28-30-32-33-34-35-36-37-39-41-43-45-47-49-51-53-55-57-59-61-63-69(73)70-67(66-77-78(74,75)76-65-64-71(3,4)5)68(72)62-60-58-56-54-52-50-48-46-44-42-40-38-31-29-27-25-23-21-19-17-15-13-11-9-7-2/h60,62,67-68,72H,6-59,61,63-66H2,1-5H3,(H-,70,73,74,75)/b62-60+. The molecule has 0 fully saturated rings. The highest BCUT2D eigenvalue weighted by atomic mass is 31.2. The van der Waals surface area contributed by atoms with E-state index >= 15 is 0 Å². The first-order valence-electron chi connectivity index (χ1n) is 35.1. The van der Waals surface area contributed by atoms with Gasteiger partial charge in [-0.15, -0.1) is 0 Å². The summed E-state index contributed by atoms with van der Waals surface area (Å²) in [6, 6.07) is -0.884. The molecule has 3 unspecified atom stereocenters. The summed E-state index contributed by atoms with van der Waals surface area (Å²) in [6.45, 7) is 4.72. The molecule has 0 bridgehead atoms. The molecule has 3 atom stereocenters. The molecule has 0 spiro atoms. The number of carbonyl (C=O) groups excluding carboxylic acids is 1. The molecule has 78 heavy (non-hydrogen) atoms. The smallest absolute Gasteiger partial charge is 0.268 e. The maximum Gasteiger partial charge on any atom is 0.268 e. The Balaban J connectivity index is 4.02. The number of quaternary nitrogens is 1. The normalized spacial score (nSPS) is 13.7. The van der Waals surface area contributed by atoms with Crippen molar-refractivity contribution in [2.75, 3.05) is 40.9 Å². The van der Waals surface area contributed by atoms with Crippen LogP contribution in [-0.4, -0.2) is 68.5 Å². The number of phosphoric ester groups is 1. The number of amides is 1. The van der Waals surface area contributed by atoms with Crippen molar-refractivity contribution in [1.82, 2.24) is 5.32 Å². The fourth-order valence-electron chi connectivity index (χ4n) is 11.0. The molecule has 9 heteroatoms. The lowest BCUT2D eigenvalue weighted by molar-refractivity contribution is -0.870. The molecule has 0 heterocycles. The highest BCUT2D eigenvalue weighted by Crippen LogP contribution is 2.38. The molecule has 0 rings (SSSR count). The van der Waals surface area contributed by atoms with E-state index in [0.717, 1.165) is 38.5 Å². The van der Waals surface area contributed by atoms with E-state index in [1.54, 1.807) is 6.08 Å². The van der Waals surface area contributed by atoms with Gasteiger partial charge in [0.05, 0.1) is 39.9 Å². The van der Waals surface area contributed by atoms with Crippen LogP contribution in [0.2, 0.25) is 0 Å². The van der Waals surface area contributed by atoms with E-state index in [9.17, 15) is 19.4 Å². The number of unbranched alkanes of at least 4 members (excludes halogenated alkanes) is 53. The monoisotopic (exact) mass is 1120 g/mol. The number of hydrogen-bond donors (Lipinski definition) is 2. The van der Waals surface area contributed by atoms with Crippen LogP contribution in [0.15, 0.2) is 12.2 Å². The lowest BCUT2D eigenvalue weighted by Gasteiger charge is -2.29. The Morgan fingerprint density at radius 3 is 0.962 bits per heavy atom. The van der Waals surface area contributed by atoms with Crippen LogP contribution in [0.5, 0.6) is 0 Å².